The van der Waals surface area contributed by atoms with Crippen LogP contribution in [0.4, 0.5) is 0 Å². The number of amides is 1. The molecule has 1 amide bonds. The summed E-state index contributed by atoms with van der Waals surface area (Å²) in [4.78, 5) is 14.5. The topological polar surface area (TPSA) is 84.9 Å². The van der Waals surface area contributed by atoms with Crippen LogP contribution in [0.2, 0.25) is 0 Å². The van der Waals surface area contributed by atoms with Crippen LogP contribution in [0.3, 0.4) is 0 Å². The third kappa shape index (κ3) is 5.42. The normalized spacial score (nSPS) is 16.7. The highest BCUT2D eigenvalue weighted by Gasteiger charge is 2.30. The molecule has 1 saturated heterocycles. The summed E-state index contributed by atoms with van der Waals surface area (Å²) in [6.45, 7) is 5.84. The average molecular weight is 370 g/mol. The lowest BCUT2D eigenvalue weighted by Gasteiger charge is -2.31. The maximum absolute atomic E-state index is 12.8. The lowest BCUT2D eigenvalue weighted by atomic mass is 10.0. The van der Waals surface area contributed by atoms with Crippen LogP contribution in [0.5, 0.6) is 5.75 Å². The van der Waals surface area contributed by atoms with Crippen molar-refractivity contribution < 1.29 is 22.7 Å². The average Bonchev–Trinajstić information content (AvgIpc) is 2.60. The second-order valence-electron chi connectivity index (χ2n) is 6.42. The van der Waals surface area contributed by atoms with E-state index in [2.05, 4.69) is 4.72 Å². The predicted molar refractivity (Wildman–Crippen MR) is 94.0 cm³/mol. The number of hydrogen-bond donors (Lipinski definition) is 1. The van der Waals surface area contributed by atoms with E-state index in [0.717, 1.165) is 0 Å². The molecule has 1 aliphatic rings. The number of morpholine rings is 1. The van der Waals surface area contributed by atoms with Gasteiger partial charge in [-0.3, -0.25) is 4.79 Å². The first-order valence-corrected chi connectivity index (χ1v) is 9.84. The van der Waals surface area contributed by atoms with Crippen LogP contribution in [-0.2, 0) is 19.6 Å². The van der Waals surface area contributed by atoms with Gasteiger partial charge in [0.15, 0.2) is 0 Å². The van der Waals surface area contributed by atoms with Crippen LogP contribution in [-0.4, -0.2) is 58.7 Å². The van der Waals surface area contributed by atoms with Gasteiger partial charge in [0.2, 0.25) is 15.9 Å². The van der Waals surface area contributed by atoms with Crippen LogP contribution in [0, 0.1) is 5.92 Å². The maximum Gasteiger partial charge on any atom is 0.241 e. The molecule has 1 heterocycles. The minimum absolute atomic E-state index is 0.108. The van der Waals surface area contributed by atoms with Gasteiger partial charge < -0.3 is 14.4 Å². The Balaban J connectivity index is 2.17. The standard InChI is InChI=1S/C17H26N2O5S/c1-13(2)12-16(17(20)19-8-10-24-11-9-19)18-25(21,22)15-6-4-14(23-3)5-7-15/h4-7,13,16,18H,8-12H2,1-3H3. The number of ether oxygens (including phenoxy) is 2. The fourth-order valence-corrected chi connectivity index (χ4v) is 3.89. The molecule has 0 aliphatic carbocycles. The molecule has 2 rings (SSSR count). The van der Waals surface area contributed by atoms with Crippen molar-refractivity contribution in [2.24, 2.45) is 5.92 Å². The molecule has 8 heteroatoms. The third-order valence-electron chi connectivity index (χ3n) is 4.00. The van der Waals surface area contributed by atoms with Crippen LogP contribution in [0.25, 0.3) is 0 Å². The zero-order chi connectivity index (χ0) is 18.4. The fourth-order valence-electron chi connectivity index (χ4n) is 2.69. The Morgan fingerprint density at radius 2 is 1.84 bits per heavy atom. The zero-order valence-electron chi connectivity index (χ0n) is 14.9. The van der Waals surface area contributed by atoms with Crippen LogP contribution in [0.1, 0.15) is 20.3 Å². The summed E-state index contributed by atoms with van der Waals surface area (Å²) in [5.74, 6) is 0.546. The summed E-state index contributed by atoms with van der Waals surface area (Å²) in [6, 6.07) is 5.30. The summed E-state index contributed by atoms with van der Waals surface area (Å²) < 4.78 is 38.2. The third-order valence-corrected chi connectivity index (χ3v) is 5.48. The quantitative estimate of drug-likeness (QED) is 0.781. The summed E-state index contributed by atoms with van der Waals surface area (Å²) in [5, 5.41) is 0. The van der Waals surface area contributed by atoms with Gasteiger partial charge in [0.05, 0.1) is 25.2 Å². The smallest absolute Gasteiger partial charge is 0.241 e. The van der Waals surface area contributed by atoms with Gasteiger partial charge in [-0.25, -0.2) is 8.42 Å². The molecule has 7 nitrogen and oxygen atoms in total. The Kier molecular flexibility index (Phi) is 6.80. The molecule has 1 aromatic carbocycles. The van der Waals surface area contributed by atoms with Crippen LogP contribution >= 0.6 is 0 Å². The number of rotatable bonds is 7. The van der Waals surface area contributed by atoms with E-state index in [1.807, 2.05) is 13.8 Å². The van der Waals surface area contributed by atoms with Crippen molar-refractivity contribution in [3.05, 3.63) is 24.3 Å². The molecule has 25 heavy (non-hydrogen) atoms. The Bertz CT molecular complexity index is 667. The summed E-state index contributed by atoms with van der Waals surface area (Å²) in [5.41, 5.74) is 0. The van der Waals surface area contributed by atoms with Gasteiger partial charge in [-0.05, 0) is 36.6 Å². The van der Waals surface area contributed by atoms with E-state index >= 15 is 0 Å². The van der Waals surface area contributed by atoms with Gasteiger partial charge in [0.1, 0.15) is 11.8 Å². The Morgan fingerprint density at radius 1 is 1.24 bits per heavy atom. The molecule has 1 unspecified atom stereocenters. The van der Waals surface area contributed by atoms with Gasteiger partial charge >= 0.3 is 0 Å². The Labute approximate surface area is 149 Å². The van der Waals surface area contributed by atoms with Crippen molar-refractivity contribution in [1.82, 2.24) is 9.62 Å². The maximum atomic E-state index is 12.8. The number of benzene rings is 1. The largest absolute Gasteiger partial charge is 0.497 e. The number of carbonyl (C=O) groups excluding carboxylic acids is 1. The van der Waals surface area contributed by atoms with E-state index in [-0.39, 0.29) is 16.7 Å². The van der Waals surface area contributed by atoms with Gasteiger partial charge in [-0.15, -0.1) is 0 Å². The van der Waals surface area contributed by atoms with E-state index < -0.39 is 16.1 Å². The van der Waals surface area contributed by atoms with E-state index in [1.165, 1.54) is 19.2 Å². The Morgan fingerprint density at radius 3 is 2.36 bits per heavy atom. The first-order valence-electron chi connectivity index (χ1n) is 8.36. The van der Waals surface area contributed by atoms with E-state index in [9.17, 15) is 13.2 Å². The molecule has 0 aromatic heterocycles. The van der Waals surface area contributed by atoms with Crippen molar-refractivity contribution in [1.29, 1.82) is 0 Å². The molecule has 1 atom stereocenters. The zero-order valence-corrected chi connectivity index (χ0v) is 15.7. The summed E-state index contributed by atoms with van der Waals surface area (Å²) in [6.07, 6.45) is 0.436. The highest BCUT2D eigenvalue weighted by atomic mass is 32.2. The van der Waals surface area contributed by atoms with Crippen molar-refractivity contribution in [3.63, 3.8) is 0 Å². The predicted octanol–water partition coefficient (Wildman–Crippen LogP) is 1.25. The molecule has 1 aliphatic heterocycles. The molecule has 0 radical (unpaired) electrons. The molecule has 1 fully saturated rings. The molecular weight excluding hydrogens is 344 g/mol. The molecule has 0 bridgehead atoms. The number of nitrogens with one attached hydrogen (secondary N) is 1. The number of methoxy groups -OCH3 is 1. The van der Waals surface area contributed by atoms with E-state index in [4.69, 9.17) is 9.47 Å². The molecule has 0 spiro atoms. The van der Waals surface area contributed by atoms with Crippen molar-refractivity contribution in [2.45, 2.75) is 31.2 Å². The van der Waals surface area contributed by atoms with E-state index in [1.54, 1.807) is 17.0 Å². The SMILES string of the molecule is COc1ccc(S(=O)(=O)NC(CC(C)C)C(=O)N2CCOCC2)cc1. The fraction of sp³-hybridized carbons (Fsp3) is 0.588. The monoisotopic (exact) mass is 370 g/mol. The van der Waals surface area contributed by atoms with Gasteiger partial charge in [0.25, 0.3) is 0 Å². The number of carbonyl (C=O) groups is 1. The summed E-state index contributed by atoms with van der Waals surface area (Å²) in [7, 11) is -2.28. The number of nitrogens with zero attached hydrogens (tertiary/aromatic N) is 1. The van der Waals surface area contributed by atoms with Crippen molar-refractivity contribution in [3.8, 4) is 5.75 Å². The van der Waals surface area contributed by atoms with Gasteiger partial charge in [-0.2, -0.15) is 4.72 Å². The molecule has 140 valence electrons. The molecule has 1 aromatic rings. The minimum Gasteiger partial charge on any atom is -0.497 e. The van der Waals surface area contributed by atoms with E-state index in [0.29, 0.717) is 38.5 Å². The Hall–Kier alpha value is -1.64. The van der Waals surface area contributed by atoms with Crippen molar-refractivity contribution >= 4 is 15.9 Å². The first kappa shape index (κ1) is 19.7. The van der Waals surface area contributed by atoms with Crippen molar-refractivity contribution in [2.75, 3.05) is 33.4 Å². The first-order chi connectivity index (χ1) is 11.8. The van der Waals surface area contributed by atoms with Crippen LogP contribution in [0.15, 0.2) is 29.2 Å². The molecular formula is C17H26N2O5S. The number of sulfonamides is 1. The molecule has 1 N–H and O–H groups in total. The highest BCUT2D eigenvalue weighted by molar-refractivity contribution is 7.89. The minimum atomic E-state index is -3.80. The van der Waals surface area contributed by atoms with Crippen LogP contribution < -0.4 is 9.46 Å². The lowest BCUT2D eigenvalue weighted by molar-refractivity contribution is -0.137. The summed E-state index contributed by atoms with van der Waals surface area (Å²) >= 11 is 0. The second-order valence-corrected chi connectivity index (χ2v) is 8.13. The van der Waals surface area contributed by atoms with Gasteiger partial charge in [-0.1, -0.05) is 13.8 Å². The highest BCUT2D eigenvalue weighted by Crippen LogP contribution is 2.18. The van der Waals surface area contributed by atoms with Gasteiger partial charge in [0, 0.05) is 13.1 Å². The second kappa shape index (κ2) is 8.64. The molecule has 0 saturated carbocycles. The lowest BCUT2D eigenvalue weighted by Crippen LogP contribution is -2.52. The number of hydrogen-bond acceptors (Lipinski definition) is 5.